The van der Waals surface area contributed by atoms with E-state index >= 15 is 0 Å². The number of benzene rings is 2. The lowest BCUT2D eigenvalue weighted by atomic mass is 10.0. The molecule has 3 aromatic rings. The van der Waals surface area contributed by atoms with Gasteiger partial charge in [-0.2, -0.15) is 13.2 Å². The summed E-state index contributed by atoms with van der Waals surface area (Å²) in [4.78, 5) is 13.8. The van der Waals surface area contributed by atoms with Crippen LogP contribution in [0.3, 0.4) is 0 Å². The molecule has 1 aliphatic heterocycles. The molecular weight excluding hydrogens is 412 g/mol. The second kappa shape index (κ2) is 8.34. The Morgan fingerprint density at radius 3 is 2.55 bits per heavy atom. The number of rotatable bonds is 5. The standard InChI is InChI=1S/C23H22F4N2O2/c1-2-31-21(30)14-28-11-10-20-18(13-28)17-4-3-5-19(23(25,26)27)22(17)29(20)12-15-6-8-16(24)9-7-15/h3-9H,2,10-14H2,1H3. The van der Waals surface area contributed by atoms with Crippen LogP contribution in [-0.2, 0) is 35.2 Å². The van der Waals surface area contributed by atoms with Gasteiger partial charge in [0.25, 0.3) is 0 Å². The van der Waals surface area contributed by atoms with Gasteiger partial charge in [-0.05, 0) is 36.2 Å². The van der Waals surface area contributed by atoms with E-state index in [1.54, 1.807) is 29.7 Å². The monoisotopic (exact) mass is 434 g/mol. The molecule has 0 aliphatic carbocycles. The van der Waals surface area contributed by atoms with Gasteiger partial charge in [0, 0.05) is 37.1 Å². The second-order valence-electron chi connectivity index (χ2n) is 7.60. The van der Waals surface area contributed by atoms with Crippen LogP contribution in [-0.4, -0.2) is 35.1 Å². The van der Waals surface area contributed by atoms with Gasteiger partial charge < -0.3 is 9.30 Å². The maximum atomic E-state index is 13.9. The molecule has 0 saturated heterocycles. The Morgan fingerprint density at radius 1 is 1.13 bits per heavy atom. The van der Waals surface area contributed by atoms with Crippen molar-refractivity contribution in [1.29, 1.82) is 0 Å². The zero-order chi connectivity index (χ0) is 22.2. The third-order valence-electron chi connectivity index (χ3n) is 5.57. The molecule has 31 heavy (non-hydrogen) atoms. The molecule has 0 radical (unpaired) electrons. The number of esters is 1. The first-order valence-electron chi connectivity index (χ1n) is 10.1. The molecule has 2 heterocycles. The SMILES string of the molecule is CCOC(=O)CN1CCc2c(c3cccc(C(F)(F)F)c3n2Cc2ccc(F)cc2)C1. The Balaban J connectivity index is 1.81. The van der Waals surface area contributed by atoms with Crippen molar-refractivity contribution >= 4 is 16.9 Å². The summed E-state index contributed by atoms with van der Waals surface area (Å²) >= 11 is 0. The zero-order valence-electron chi connectivity index (χ0n) is 17.0. The first kappa shape index (κ1) is 21.4. The Morgan fingerprint density at radius 2 is 1.87 bits per heavy atom. The van der Waals surface area contributed by atoms with E-state index in [0.29, 0.717) is 30.5 Å². The van der Waals surface area contributed by atoms with Crippen LogP contribution >= 0.6 is 0 Å². The molecule has 4 rings (SSSR count). The predicted octanol–water partition coefficient (Wildman–Crippen LogP) is 4.77. The van der Waals surface area contributed by atoms with Crippen molar-refractivity contribution in [1.82, 2.24) is 9.47 Å². The van der Waals surface area contributed by atoms with Crippen LogP contribution in [0.2, 0.25) is 0 Å². The number of fused-ring (bicyclic) bond motifs is 3. The first-order chi connectivity index (χ1) is 14.8. The highest BCUT2D eigenvalue weighted by molar-refractivity contribution is 5.89. The van der Waals surface area contributed by atoms with Crippen LogP contribution in [0, 0.1) is 5.82 Å². The summed E-state index contributed by atoms with van der Waals surface area (Å²) in [7, 11) is 0. The minimum atomic E-state index is -4.51. The summed E-state index contributed by atoms with van der Waals surface area (Å²) in [6.07, 6.45) is -4.01. The van der Waals surface area contributed by atoms with Crippen molar-refractivity contribution in [3.05, 3.63) is 70.7 Å². The van der Waals surface area contributed by atoms with Gasteiger partial charge in [-0.1, -0.05) is 24.3 Å². The van der Waals surface area contributed by atoms with E-state index in [-0.39, 0.29) is 31.2 Å². The number of nitrogens with zero attached hydrogens (tertiary/aromatic N) is 2. The van der Waals surface area contributed by atoms with Gasteiger partial charge >= 0.3 is 12.1 Å². The summed E-state index contributed by atoms with van der Waals surface area (Å²) in [5, 5.41) is 0.528. The molecule has 1 aromatic heterocycles. The Hall–Kier alpha value is -2.87. The lowest BCUT2D eigenvalue weighted by molar-refractivity contribution is -0.144. The molecule has 0 N–H and O–H groups in total. The van der Waals surface area contributed by atoms with Crippen LogP contribution in [0.5, 0.6) is 0 Å². The van der Waals surface area contributed by atoms with Gasteiger partial charge in [0.05, 0.1) is 24.2 Å². The van der Waals surface area contributed by atoms with E-state index in [4.69, 9.17) is 4.74 Å². The molecule has 1 aliphatic rings. The Labute approximate surface area is 177 Å². The maximum Gasteiger partial charge on any atom is 0.418 e. The van der Waals surface area contributed by atoms with Gasteiger partial charge in [0.15, 0.2) is 0 Å². The number of carbonyl (C=O) groups excluding carboxylic acids is 1. The molecule has 0 unspecified atom stereocenters. The Kier molecular flexibility index (Phi) is 5.75. The van der Waals surface area contributed by atoms with E-state index in [9.17, 15) is 22.4 Å². The fraction of sp³-hybridized carbons (Fsp3) is 0.348. The van der Waals surface area contributed by atoms with Crippen LogP contribution in [0.1, 0.15) is 29.3 Å². The Bertz CT molecular complexity index is 1100. The van der Waals surface area contributed by atoms with Crippen molar-refractivity contribution in [3.8, 4) is 0 Å². The summed E-state index contributed by atoms with van der Waals surface area (Å²) in [6, 6.07) is 9.97. The predicted molar refractivity (Wildman–Crippen MR) is 108 cm³/mol. The fourth-order valence-electron chi connectivity index (χ4n) is 4.26. The first-order valence-corrected chi connectivity index (χ1v) is 10.1. The molecule has 0 amide bonds. The second-order valence-corrected chi connectivity index (χ2v) is 7.60. The molecule has 4 nitrogen and oxygen atoms in total. The number of carbonyl (C=O) groups is 1. The quantitative estimate of drug-likeness (QED) is 0.429. The van der Waals surface area contributed by atoms with Crippen molar-refractivity contribution in [2.45, 2.75) is 32.6 Å². The van der Waals surface area contributed by atoms with Gasteiger partial charge in [-0.25, -0.2) is 4.39 Å². The van der Waals surface area contributed by atoms with Gasteiger partial charge in [-0.15, -0.1) is 0 Å². The van der Waals surface area contributed by atoms with Crippen molar-refractivity contribution < 1.29 is 27.1 Å². The van der Waals surface area contributed by atoms with E-state index in [1.165, 1.54) is 18.2 Å². The topological polar surface area (TPSA) is 34.5 Å². The van der Waals surface area contributed by atoms with E-state index in [1.807, 2.05) is 4.90 Å². The van der Waals surface area contributed by atoms with Gasteiger partial charge in [0.2, 0.25) is 0 Å². The molecule has 0 fully saturated rings. The molecule has 0 spiro atoms. The normalized spacial score (nSPS) is 14.6. The largest absolute Gasteiger partial charge is 0.465 e. The fourth-order valence-corrected chi connectivity index (χ4v) is 4.26. The minimum Gasteiger partial charge on any atom is -0.465 e. The smallest absolute Gasteiger partial charge is 0.418 e. The highest BCUT2D eigenvalue weighted by Crippen LogP contribution is 2.40. The molecule has 8 heteroatoms. The molecule has 0 saturated carbocycles. The molecule has 164 valence electrons. The molecule has 0 bridgehead atoms. The molecular formula is C23H22F4N2O2. The third-order valence-corrected chi connectivity index (χ3v) is 5.57. The summed E-state index contributed by atoms with van der Waals surface area (Å²) < 4.78 is 61.6. The molecule has 2 aromatic carbocycles. The van der Waals surface area contributed by atoms with Gasteiger partial charge in [0.1, 0.15) is 5.82 Å². The summed E-state index contributed by atoms with van der Waals surface area (Å²) in [5.41, 5.74) is 1.75. The molecule has 0 atom stereocenters. The number of alkyl halides is 3. The lowest BCUT2D eigenvalue weighted by Gasteiger charge is -2.27. The zero-order valence-corrected chi connectivity index (χ0v) is 17.0. The average molecular weight is 434 g/mol. The number of hydrogen-bond donors (Lipinski definition) is 0. The van der Waals surface area contributed by atoms with E-state index in [2.05, 4.69) is 0 Å². The van der Waals surface area contributed by atoms with Crippen molar-refractivity contribution in [3.63, 3.8) is 0 Å². The van der Waals surface area contributed by atoms with Crippen molar-refractivity contribution in [2.75, 3.05) is 19.7 Å². The van der Waals surface area contributed by atoms with Crippen LogP contribution in [0.15, 0.2) is 42.5 Å². The van der Waals surface area contributed by atoms with Crippen LogP contribution in [0.25, 0.3) is 10.9 Å². The number of ether oxygens (including phenoxy) is 1. The summed E-state index contributed by atoms with van der Waals surface area (Å²) in [5.74, 6) is -0.745. The maximum absolute atomic E-state index is 13.9. The minimum absolute atomic E-state index is 0.0941. The third kappa shape index (κ3) is 4.30. The van der Waals surface area contributed by atoms with Crippen LogP contribution < -0.4 is 0 Å². The number of hydrogen-bond acceptors (Lipinski definition) is 3. The summed E-state index contributed by atoms with van der Waals surface area (Å²) in [6.45, 7) is 3.21. The number of para-hydroxylation sites is 1. The average Bonchev–Trinajstić information content (AvgIpc) is 3.02. The van der Waals surface area contributed by atoms with Gasteiger partial charge in [-0.3, -0.25) is 9.69 Å². The van der Waals surface area contributed by atoms with Crippen LogP contribution in [0.4, 0.5) is 17.6 Å². The highest BCUT2D eigenvalue weighted by Gasteiger charge is 2.36. The number of aromatic nitrogens is 1. The highest BCUT2D eigenvalue weighted by atomic mass is 19.4. The van der Waals surface area contributed by atoms with E-state index in [0.717, 1.165) is 17.3 Å². The number of halogens is 4. The lowest BCUT2D eigenvalue weighted by Crippen LogP contribution is -2.36. The van der Waals surface area contributed by atoms with E-state index < -0.39 is 17.6 Å². The van der Waals surface area contributed by atoms with Crippen molar-refractivity contribution in [2.24, 2.45) is 0 Å².